The lowest BCUT2D eigenvalue weighted by Crippen LogP contribution is -2.61. The predicted octanol–water partition coefficient (Wildman–Crippen LogP) is 5.56. The largest absolute Gasteiger partial charge is 0.460 e. The second-order valence-electron chi connectivity index (χ2n) is 20.7. The number of ether oxygens (including phenoxy) is 6. The van der Waals surface area contributed by atoms with Gasteiger partial charge in [0, 0.05) is 58.5 Å². The van der Waals surface area contributed by atoms with Gasteiger partial charge in [0.1, 0.15) is 36.2 Å². The summed E-state index contributed by atoms with van der Waals surface area (Å²) in [7, 11) is 4.53. The van der Waals surface area contributed by atoms with E-state index in [-0.39, 0.29) is 67.5 Å². The number of amides is 1. The van der Waals surface area contributed by atoms with E-state index in [1.54, 1.807) is 41.1 Å². The van der Waals surface area contributed by atoms with Crippen LogP contribution in [0.15, 0.2) is 47.6 Å². The summed E-state index contributed by atoms with van der Waals surface area (Å²) in [5.74, 6) is -8.20. The molecule has 3 aliphatic heterocycles. The Bertz CT molecular complexity index is 1860. The molecule has 2 saturated heterocycles. The van der Waals surface area contributed by atoms with Crippen LogP contribution in [0, 0.1) is 35.5 Å². The van der Waals surface area contributed by atoms with Crippen LogP contribution in [0.25, 0.3) is 0 Å². The highest BCUT2D eigenvalue weighted by molar-refractivity contribution is 6.39. The van der Waals surface area contributed by atoms with Crippen LogP contribution in [-0.4, -0.2) is 156 Å². The zero-order chi connectivity index (χ0) is 51.9. The molecule has 1 amide bonds. The van der Waals surface area contributed by atoms with Crippen molar-refractivity contribution in [3.8, 4) is 0 Å². The Morgan fingerprint density at radius 3 is 2.26 bits per heavy atom. The van der Waals surface area contributed by atoms with Crippen molar-refractivity contribution >= 4 is 29.2 Å². The molecular weight excluding hydrogens is 903 g/mol. The van der Waals surface area contributed by atoms with Crippen LogP contribution in [-0.2, 0) is 52.4 Å². The first kappa shape index (κ1) is 59.1. The molecule has 2 bridgehead atoms. The van der Waals surface area contributed by atoms with E-state index in [2.05, 4.69) is 0 Å². The van der Waals surface area contributed by atoms with Gasteiger partial charge in [0.05, 0.1) is 37.6 Å². The van der Waals surface area contributed by atoms with Gasteiger partial charge < -0.3 is 53.7 Å². The molecule has 16 atom stereocenters. The van der Waals surface area contributed by atoms with E-state index in [0.717, 1.165) is 12.0 Å². The van der Waals surface area contributed by atoms with Gasteiger partial charge in [0.15, 0.2) is 5.78 Å². The summed E-state index contributed by atoms with van der Waals surface area (Å²) < 4.78 is 35.6. The Morgan fingerprint density at radius 1 is 0.857 bits per heavy atom. The van der Waals surface area contributed by atoms with E-state index >= 15 is 0 Å². The number of carbonyl (C=O) groups is 5. The number of cyclic esters (lactones) is 1. The SMILES string of the molecule is CO[C@H]1C[C@@H]2CC[C@@H](C)[C@@](O)(O2)C(=O)C(=O)N2CCCC[C@H]2C(=O)O[C@H]([C@H](C)C[C@H]2CC[C@@H](OCC(O)CO)[C@H](OC)C2)CC(=O)[C@H](C)/C=C(\C)[C@@H](O)[C@@H](OC)C(=O)[C@H](C)C[C@H](C)/C=C/C=C/C=C/1C. The summed E-state index contributed by atoms with van der Waals surface area (Å²) in [4.78, 5) is 72.2. The van der Waals surface area contributed by atoms with Gasteiger partial charge in [-0.1, -0.05) is 71.1 Å². The maximum absolute atomic E-state index is 14.5. The Kier molecular flexibility index (Phi) is 23.7. The summed E-state index contributed by atoms with van der Waals surface area (Å²) >= 11 is 0. The van der Waals surface area contributed by atoms with Crippen molar-refractivity contribution in [2.45, 2.75) is 186 Å². The van der Waals surface area contributed by atoms with Crippen LogP contribution in [0.1, 0.15) is 126 Å². The summed E-state index contributed by atoms with van der Waals surface area (Å²) in [6.07, 6.45) is 10.3. The van der Waals surface area contributed by atoms with E-state index < -0.39 is 90.5 Å². The molecule has 1 saturated carbocycles. The lowest BCUT2D eigenvalue weighted by molar-refractivity contribution is -0.265. The van der Waals surface area contributed by atoms with E-state index in [9.17, 15) is 44.4 Å². The van der Waals surface area contributed by atoms with Crippen LogP contribution in [0.3, 0.4) is 0 Å². The number of aliphatic hydroxyl groups excluding tert-OH is 3. The zero-order valence-corrected chi connectivity index (χ0v) is 43.5. The van der Waals surface area contributed by atoms with Crippen LogP contribution < -0.4 is 0 Å². The van der Waals surface area contributed by atoms with Gasteiger partial charge in [-0.05, 0) is 107 Å². The molecule has 0 aromatic rings. The second-order valence-corrected chi connectivity index (χ2v) is 20.7. The lowest BCUT2D eigenvalue weighted by atomic mass is 9.78. The van der Waals surface area contributed by atoms with Crippen molar-refractivity contribution in [1.29, 1.82) is 0 Å². The van der Waals surface area contributed by atoms with E-state index in [1.165, 1.54) is 12.0 Å². The van der Waals surface area contributed by atoms with Crippen LogP contribution >= 0.6 is 0 Å². The number of fused-ring (bicyclic) bond motifs is 3. The first-order valence-corrected chi connectivity index (χ1v) is 25.6. The van der Waals surface area contributed by atoms with Crippen molar-refractivity contribution in [3.63, 3.8) is 0 Å². The van der Waals surface area contributed by atoms with Crippen molar-refractivity contribution in [2.24, 2.45) is 35.5 Å². The van der Waals surface area contributed by atoms with Crippen molar-refractivity contribution in [2.75, 3.05) is 41.1 Å². The topological polar surface area (TPSA) is 225 Å². The van der Waals surface area contributed by atoms with Gasteiger partial charge in [-0.3, -0.25) is 19.2 Å². The molecule has 16 heteroatoms. The number of hydrogen-bond acceptors (Lipinski definition) is 15. The summed E-state index contributed by atoms with van der Waals surface area (Å²) in [6, 6.07) is -1.17. The van der Waals surface area contributed by atoms with Crippen LogP contribution in [0.4, 0.5) is 0 Å². The number of esters is 1. The summed E-state index contributed by atoms with van der Waals surface area (Å²) in [5, 5.41) is 42.7. The number of aliphatic hydroxyl groups is 4. The Morgan fingerprint density at radius 2 is 1.59 bits per heavy atom. The van der Waals surface area contributed by atoms with Gasteiger partial charge in [0.2, 0.25) is 5.79 Å². The molecule has 4 aliphatic rings. The number of nitrogens with zero attached hydrogens (tertiary/aromatic N) is 1. The third-order valence-electron chi connectivity index (χ3n) is 15.2. The third kappa shape index (κ3) is 16.0. The molecule has 4 N–H and O–H groups in total. The Balaban J connectivity index is 1.69. The molecule has 70 heavy (non-hydrogen) atoms. The molecule has 1 unspecified atom stereocenters. The maximum Gasteiger partial charge on any atom is 0.329 e. The standard InChI is InChI=1S/C54H85NO15/c1-32-16-12-11-13-17-33(2)45(65-8)28-41-21-19-38(7)54(64,70-41)51(61)52(62)55-23-15-14-18-42(55)53(63)69-46(35(4)26-39-20-22-44(47(27-39)66-9)68-31-40(57)30-56)29-43(58)34(3)25-37(6)49(60)50(67-10)48(59)36(5)24-32/h11-13,16-17,25,32,34-36,38-42,44-47,49-50,56-57,60,64H,14-15,18-24,26-31H2,1-10H3/b13-11+,16-12+,33-17+,37-25+/t32-,34-,35-,36-,38-,39-,40?,41+,42+,44-,45+,46+,47-,49-,50+,54-/m1/s1. The fraction of sp³-hybridized carbons (Fsp3) is 0.759. The molecule has 3 heterocycles. The smallest absolute Gasteiger partial charge is 0.329 e. The third-order valence-corrected chi connectivity index (χ3v) is 15.2. The Hall–Kier alpha value is -3.45. The number of rotatable bonds is 10. The minimum absolute atomic E-state index is 0.00701. The molecule has 3 fully saturated rings. The number of Topliss-reactive ketones (excluding diaryl/α,β-unsaturated/α-hetero) is 3. The number of allylic oxidation sites excluding steroid dienone is 6. The number of hydrogen-bond donors (Lipinski definition) is 4. The molecular formula is C54H85NO15. The minimum atomic E-state index is -2.45. The van der Waals surface area contributed by atoms with Crippen molar-refractivity contribution in [1.82, 2.24) is 4.90 Å². The highest BCUT2D eigenvalue weighted by Crippen LogP contribution is 2.38. The monoisotopic (exact) mass is 988 g/mol. The molecule has 16 nitrogen and oxygen atoms in total. The molecule has 1 aliphatic carbocycles. The summed E-state index contributed by atoms with van der Waals surface area (Å²) in [5.41, 5.74) is 1.24. The zero-order valence-electron chi connectivity index (χ0n) is 43.5. The molecule has 396 valence electrons. The Labute approximate surface area is 416 Å². The molecule has 4 rings (SSSR count). The highest BCUT2D eigenvalue weighted by atomic mass is 16.6. The predicted molar refractivity (Wildman–Crippen MR) is 262 cm³/mol. The van der Waals surface area contributed by atoms with Crippen molar-refractivity contribution < 1.29 is 72.8 Å². The first-order valence-electron chi connectivity index (χ1n) is 25.6. The maximum atomic E-state index is 14.5. The normalized spacial score (nSPS) is 38.9. The summed E-state index contributed by atoms with van der Waals surface area (Å²) in [6.45, 7) is 12.2. The van der Waals surface area contributed by atoms with Crippen LogP contribution in [0.5, 0.6) is 0 Å². The lowest BCUT2D eigenvalue weighted by Gasteiger charge is -2.42. The average molecular weight is 988 g/mol. The molecule has 0 aromatic heterocycles. The number of piperidine rings is 1. The van der Waals surface area contributed by atoms with Gasteiger partial charge in [-0.2, -0.15) is 0 Å². The highest BCUT2D eigenvalue weighted by Gasteiger charge is 2.53. The van der Waals surface area contributed by atoms with Gasteiger partial charge in [-0.25, -0.2) is 4.79 Å². The number of carbonyl (C=O) groups excluding carboxylic acids is 5. The van der Waals surface area contributed by atoms with Crippen molar-refractivity contribution in [3.05, 3.63) is 47.6 Å². The van der Waals surface area contributed by atoms with Gasteiger partial charge in [0.25, 0.3) is 11.7 Å². The van der Waals surface area contributed by atoms with Gasteiger partial charge >= 0.3 is 5.97 Å². The number of methoxy groups -OCH3 is 3. The quantitative estimate of drug-likeness (QED) is 0.120. The molecule has 0 aromatic carbocycles. The average Bonchev–Trinajstić information content (AvgIpc) is 3.34. The van der Waals surface area contributed by atoms with E-state index in [0.29, 0.717) is 63.4 Å². The molecule has 0 spiro atoms. The second kappa shape index (κ2) is 28.1. The first-order chi connectivity index (χ1) is 33.2. The molecule has 0 radical (unpaired) electrons. The van der Waals surface area contributed by atoms with Gasteiger partial charge in [-0.15, -0.1) is 0 Å². The van der Waals surface area contributed by atoms with E-state index in [1.807, 2.05) is 58.1 Å². The van der Waals surface area contributed by atoms with E-state index in [4.69, 9.17) is 28.4 Å². The van der Waals surface area contributed by atoms with Crippen LogP contribution in [0.2, 0.25) is 0 Å². The fourth-order valence-corrected chi connectivity index (χ4v) is 10.6. The fourth-order valence-electron chi connectivity index (χ4n) is 10.6. The number of ketones is 3. The minimum Gasteiger partial charge on any atom is -0.460 e.